The van der Waals surface area contributed by atoms with Crippen LogP contribution < -0.4 is 5.73 Å². The minimum absolute atomic E-state index is 0.0599. The third-order valence-corrected chi connectivity index (χ3v) is 6.75. The number of hydrogen-bond donors (Lipinski definition) is 2. The summed E-state index contributed by atoms with van der Waals surface area (Å²) >= 11 is 0. The summed E-state index contributed by atoms with van der Waals surface area (Å²) in [5, 5.41) is 10.6. The van der Waals surface area contributed by atoms with Crippen LogP contribution in [-0.2, 0) is 23.9 Å². The van der Waals surface area contributed by atoms with Crippen LogP contribution in [0.15, 0.2) is 30.3 Å². The van der Waals surface area contributed by atoms with Gasteiger partial charge in [0, 0.05) is 30.6 Å². The van der Waals surface area contributed by atoms with Gasteiger partial charge in [-0.3, -0.25) is 4.90 Å². The Labute approximate surface area is 185 Å². The number of halogens is 4. The summed E-state index contributed by atoms with van der Waals surface area (Å²) in [6.07, 6.45) is -2.68. The van der Waals surface area contributed by atoms with Crippen LogP contribution in [0.4, 0.5) is 17.6 Å². The molecule has 0 aliphatic carbocycles. The van der Waals surface area contributed by atoms with Gasteiger partial charge in [0.05, 0.1) is 17.8 Å². The molecule has 0 unspecified atom stereocenters. The second kappa shape index (κ2) is 9.00. The number of nitrogens with two attached hydrogens (primary N) is 1. The van der Waals surface area contributed by atoms with Gasteiger partial charge >= 0.3 is 6.18 Å². The fourth-order valence-corrected chi connectivity index (χ4v) is 4.88. The summed E-state index contributed by atoms with van der Waals surface area (Å²) in [5.41, 5.74) is 7.81. The standard InChI is InChI=1S/C24H28F4N2O2/c1-14-2-4-18-19(23(14)31)11-21(32-22(18)12-29)15-6-8-30(9-7-15)13-16-10-17(24(26,27)28)3-5-20(16)25/h2-5,10,15,21-22,31H,6-9,11-13,29H2,1H3/t21-,22-/m0/s1. The van der Waals surface area contributed by atoms with E-state index in [4.69, 9.17) is 10.5 Å². The minimum atomic E-state index is -4.49. The molecule has 2 aliphatic rings. The first-order valence-corrected chi connectivity index (χ1v) is 10.9. The highest BCUT2D eigenvalue weighted by atomic mass is 19.4. The molecule has 3 N–H and O–H groups in total. The largest absolute Gasteiger partial charge is 0.507 e. The molecule has 0 radical (unpaired) electrons. The molecule has 2 atom stereocenters. The van der Waals surface area contributed by atoms with E-state index in [2.05, 4.69) is 0 Å². The van der Waals surface area contributed by atoms with Crippen LogP contribution in [-0.4, -0.2) is 35.7 Å². The van der Waals surface area contributed by atoms with Crippen molar-refractivity contribution in [2.75, 3.05) is 19.6 Å². The van der Waals surface area contributed by atoms with Crippen molar-refractivity contribution in [3.63, 3.8) is 0 Å². The molecule has 0 spiro atoms. The summed E-state index contributed by atoms with van der Waals surface area (Å²) in [6.45, 7) is 3.60. The van der Waals surface area contributed by atoms with E-state index in [1.165, 1.54) is 0 Å². The molecule has 4 rings (SSSR count). The number of hydrogen-bond acceptors (Lipinski definition) is 4. The van der Waals surface area contributed by atoms with Gasteiger partial charge in [0.1, 0.15) is 11.6 Å². The molecule has 0 amide bonds. The van der Waals surface area contributed by atoms with Crippen molar-refractivity contribution in [3.8, 4) is 5.75 Å². The smallest absolute Gasteiger partial charge is 0.416 e. The van der Waals surface area contributed by atoms with Gasteiger partial charge in [0.15, 0.2) is 0 Å². The first-order chi connectivity index (χ1) is 15.2. The zero-order chi connectivity index (χ0) is 23.0. The number of aryl methyl sites for hydroxylation is 1. The van der Waals surface area contributed by atoms with Gasteiger partial charge in [-0.25, -0.2) is 4.39 Å². The SMILES string of the molecule is Cc1ccc2c(c1O)C[C@@H](C1CCN(Cc3cc(C(F)(F)F)ccc3F)CC1)O[C@H]2CN. The van der Waals surface area contributed by atoms with E-state index < -0.39 is 17.6 Å². The molecule has 2 heterocycles. The number of phenols is 1. The van der Waals surface area contributed by atoms with Gasteiger partial charge in [-0.05, 0) is 68.1 Å². The summed E-state index contributed by atoms with van der Waals surface area (Å²) in [7, 11) is 0. The second-order valence-corrected chi connectivity index (χ2v) is 8.82. The molecule has 174 valence electrons. The molecular formula is C24H28F4N2O2. The first kappa shape index (κ1) is 23.0. The van der Waals surface area contributed by atoms with E-state index in [1.807, 2.05) is 24.0 Å². The quantitative estimate of drug-likeness (QED) is 0.660. The normalized spacial score (nSPS) is 22.7. The average Bonchev–Trinajstić information content (AvgIpc) is 2.77. The average molecular weight is 452 g/mol. The van der Waals surface area contributed by atoms with E-state index >= 15 is 0 Å². The third kappa shape index (κ3) is 4.63. The Morgan fingerprint density at radius 1 is 1.16 bits per heavy atom. The predicted octanol–water partition coefficient (Wildman–Crippen LogP) is 4.71. The molecule has 1 fully saturated rings. The Bertz CT molecular complexity index is 971. The van der Waals surface area contributed by atoms with Crippen molar-refractivity contribution in [2.24, 2.45) is 11.7 Å². The Morgan fingerprint density at radius 3 is 2.53 bits per heavy atom. The number of benzene rings is 2. The lowest BCUT2D eigenvalue weighted by atomic mass is 9.83. The van der Waals surface area contributed by atoms with Crippen LogP contribution in [0.2, 0.25) is 0 Å². The number of fused-ring (bicyclic) bond motifs is 1. The Kier molecular flexibility index (Phi) is 6.47. The van der Waals surface area contributed by atoms with Crippen molar-refractivity contribution in [1.29, 1.82) is 0 Å². The summed E-state index contributed by atoms with van der Waals surface area (Å²) < 4.78 is 59.3. The van der Waals surface area contributed by atoms with Crippen molar-refractivity contribution in [2.45, 2.75) is 51.1 Å². The molecule has 0 bridgehead atoms. The molecule has 2 aliphatic heterocycles. The molecule has 32 heavy (non-hydrogen) atoms. The second-order valence-electron chi connectivity index (χ2n) is 8.82. The number of likely N-dealkylation sites (tertiary alicyclic amines) is 1. The van der Waals surface area contributed by atoms with Crippen molar-refractivity contribution in [3.05, 3.63) is 64.0 Å². The molecule has 2 aromatic rings. The lowest BCUT2D eigenvalue weighted by molar-refractivity contribution is -0.137. The Hall–Kier alpha value is -2.16. The predicted molar refractivity (Wildman–Crippen MR) is 113 cm³/mol. The maximum absolute atomic E-state index is 14.1. The highest BCUT2D eigenvalue weighted by molar-refractivity contribution is 5.47. The number of ether oxygens (including phenoxy) is 1. The first-order valence-electron chi connectivity index (χ1n) is 10.9. The fourth-order valence-electron chi connectivity index (χ4n) is 4.88. The number of alkyl halides is 3. The number of piperidine rings is 1. The van der Waals surface area contributed by atoms with Gasteiger partial charge in [-0.1, -0.05) is 12.1 Å². The molecule has 0 aromatic heterocycles. The van der Waals surface area contributed by atoms with Gasteiger partial charge in [-0.15, -0.1) is 0 Å². The van der Waals surface area contributed by atoms with Crippen LogP contribution in [0.25, 0.3) is 0 Å². The Balaban J connectivity index is 1.42. The minimum Gasteiger partial charge on any atom is -0.507 e. The molecule has 0 saturated carbocycles. The highest BCUT2D eigenvalue weighted by Gasteiger charge is 2.36. The van der Waals surface area contributed by atoms with Gasteiger partial charge < -0.3 is 15.6 Å². The number of nitrogens with zero attached hydrogens (tertiary/aromatic N) is 1. The number of phenolic OH excluding ortho intramolecular Hbond substituents is 1. The summed E-state index contributed by atoms with van der Waals surface area (Å²) in [4.78, 5) is 1.98. The molecule has 4 nitrogen and oxygen atoms in total. The molecule has 8 heteroatoms. The van der Waals surface area contributed by atoms with Crippen LogP contribution in [0.3, 0.4) is 0 Å². The maximum Gasteiger partial charge on any atom is 0.416 e. The van der Waals surface area contributed by atoms with Crippen molar-refractivity contribution >= 4 is 0 Å². The van der Waals surface area contributed by atoms with E-state index in [9.17, 15) is 22.7 Å². The van der Waals surface area contributed by atoms with Crippen LogP contribution in [0.1, 0.15) is 46.8 Å². The Morgan fingerprint density at radius 2 is 1.88 bits per heavy atom. The molecule has 2 aromatic carbocycles. The van der Waals surface area contributed by atoms with Gasteiger partial charge in [0.25, 0.3) is 0 Å². The molecular weight excluding hydrogens is 424 g/mol. The van der Waals surface area contributed by atoms with Crippen LogP contribution in [0.5, 0.6) is 5.75 Å². The highest BCUT2D eigenvalue weighted by Crippen LogP contribution is 2.40. The van der Waals surface area contributed by atoms with Gasteiger partial charge in [-0.2, -0.15) is 13.2 Å². The van der Waals surface area contributed by atoms with E-state index in [0.717, 1.165) is 47.7 Å². The topological polar surface area (TPSA) is 58.7 Å². The maximum atomic E-state index is 14.1. The zero-order valence-corrected chi connectivity index (χ0v) is 18.0. The molecule has 1 saturated heterocycles. The zero-order valence-electron chi connectivity index (χ0n) is 18.0. The van der Waals surface area contributed by atoms with Crippen molar-refractivity contribution < 1.29 is 27.4 Å². The van der Waals surface area contributed by atoms with Crippen LogP contribution >= 0.6 is 0 Å². The summed E-state index contributed by atoms with van der Waals surface area (Å²) in [5.74, 6) is -0.0876. The number of rotatable bonds is 4. The van der Waals surface area contributed by atoms with Crippen LogP contribution in [0, 0.1) is 18.7 Å². The third-order valence-electron chi connectivity index (χ3n) is 6.75. The van der Waals surface area contributed by atoms with Crippen molar-refractivity contribution in [1.82, 2.24) is 4.90 Å². The van der Waals surface area contributed by atoms with E-state index in [0.29, 0.717) is 31.8 Å². The lowest BCUT2D eigenvalue weighted by Crippen LogP contribution is -2.42. The summed E-state index contributed by atoms with van der Waals surface area (Å²) in [6, 6.07) is 6.39. The monoisotopic (exact) mass is 452 g/mol. The fraction of sp³-hybridized carbons (Fsp3) is 0.500. The van der Waals surface area contributed by atoms with E-state index in [-0.39, 0.29) is 30.2 Å². The van der Waals surface area contributed by atoms with Gasteiger partial charge in [0.2, 0.25) is 0 Å². The lowest BCUT2D eigenvalue weighted by Gasteiger charge is -2.40. The number of aromatic hydroxyl groups is 1. The van der Waals surface area contributed by atoms with E-state index in [1.54, 1.807) is 0 Å².